The Bertz CT molecular complexity index is 431. The largest absolute Gasteiger partial charge is 0.357 e. The molecule has 0 saturated carbocycles. The number of amides is 1. The highest BCUT2D eigenvalue weighted by Crippen LogP contribution is 2.19. The normalized spacial score (nSPS) is 19.8. The third-order valence-electron chi connectivity index (χ3n) is 4.07. The van der Waals surface area contributed by atoms with Crippen LogP contribution >= 0.6 is 0 Å². The number of rotatable bonds is 2. The number of likely N-dealkylation sites (tertiary alicyclic amines) is 1. The maximum atomic E-state index is 12.3. The lowest BCUT2D eigenvalue weighted by Crippen LogP contribution is -2.35. The lowest BCUT2D eigenvalue weighted by molar-refractivity contribution is 0.0724. The Labute approximate surface area is 114 Å². The van der Waals surface area contributed by atoms with Crippen LogP contribution in [0.15, 0.2) is 18.3 Å². The molecule has 0 aliphatic carbocycles. The monoisotopic (exact) mass is 259 g/mol. The van der Waals surface area contributed by atoms with E-state index in [1.807, 2.05) is 17.0 Å². The molecule has 0 radical (unpaired) electrons. The van der Waals surface area contributed by atoms with E-state index in [1.165, 1.54) is 19.3 Å². The van der Waals surface area contributed by atoms with Gasteiger partial charge in [0.2, 0.25) is 0 Å². The smallest absolute Gasteiger partial charge is 0.255 e. The van der Waals surface area contributed by atoms with E-state index in [2.05, 4.69) is 9.88 Å². The van der Waals surface area contributed by atoms with Gasteiger partial charge < -0.3 is 9.80 Å². The molecule has 0 bridgehead atoms. The lowest BCUT2D eigenvalue weighted by atomic mass is 10.1. The number of carbonyl (C=O) groups is 1. The number of nitrogens with zero attached hydrogens (tertiary/aromatic N) is 3. The maximum Gasteiger partial charge on any atom is 0.255 e. The Kier molecular flexibility index (Phi) is 3.67. The average Bonchev–Trinajstić information content (AvgIpc) is 3.02. The molecule has 2 saturated heterocycles. The number of anilines is 1. The van der Waals surface area contributed by atoms with Gasteiger partial charge in [0.1, 0.15) is 5.82 Å². The van der Waals surface area contributed by atoms with Gasteiger partial charge in [0, 0.05) is 32.4 Å². The molecule has 102 valence electrons. The summed E-state index contributed by atoms with van der Waals surface area (Å²) >= 11 is 0. The Hall–Kier alpha value is -1.58. The molecule has 2 aliphatic heterocycles. The molecule has 0 aromatic carbocycles. The van der Waals surface area contributed by atoms with E-state index in [-0.39, 0.29) is 5.91 Å². The summed E-state index contributed by atoms with van der Waals surface area (Å²) in [7, 11) is 0. The van der Waals surface area contributed by atoms with E-state index in [9.17, 15) is 4.79 Å². The predicted molar refractivity (Wildman–Crippen MR) is 75.4 cm³/mol. The molecule has 1 amide bonds. The van der Waals surface area contributed by atoms with Crippen molar-refractivity contribution in [2.24, 2.45) is 0 Å². The Morgan fingerprint density at radius 3 is 2.26 bits per heavy atom. The summed E-state index contributed by atoms with van der Waals surface area (Å²) in [4.78, 5) is 21.0. The van der Waals surface area contributed by atoms with Crippen molar-refractivity contribution in [1.82, 2.24) is 9.88 Å². The van der Waals surface area contributed by atoms with Gasteiger partial charge in [-0.3, -0.25) is 4.79 Å². The van der Waals surface area contributed by atoms with Crippen LogP contribution in [0, 0.1) is 0 Å². The number of piperidine rings is 1. The summed E-state index contributed by atoms with van der Waals surface area (Å²) in [5, 5.41) is 0. The van der Waals surface area contributed by atoms with Crippen molar-refractivity contribution in [3.05, 3.63) is 23.9 Å². The van der Waals surface area contributed by atoms with Crippen molar-refractivity contribution in [2.45, 2.75) is 32.1 Å². The minimum atomic E-state index is 0.139. The van der Waals surface area contributed by atoms with Crippen LogP contribution in [0.25, 0.3) is 0 Å². The zero-order valence-electron chi connectivity index (χ0n) is 11.3. The van der Waals surface area contributed by atoms with E-state index in [4.69, 9.17) is 0 Å². The minimum Gasteiger partial charge on any atom is -0.357 e. The topological polar surface area (TPSA) is 36.4 Å². The zero-order valence-corrected chi connectivity index (χ0v) is 11.3. The van der Waals surface area contributed by atoms with E-state index in [0.29, 0.717) is 0 Å². The van der Waals surface area contributed by atoms with E-state index in [0.717, 1.165) is 50.4 Å². The molecule has 3 heterocycles. The number of pyridine rings is 1. The highest BCUT2D eigenvalue weighted by molar-refractivity contribution is 5.94. The second kappa shape index (κ2) is 5.59. The SMILES string of the molecule is O=C(c1ccc(N2CCCC2)nc1)N1CCCCC1. The first-order chi connectivity index (χ1) is 9.34. The standard InChI is InChI=1S/C15H21N3O/c19-15(18-10-2-1-3-11-18)13-6-7-14(16-12-13)17-8-4-5-9-17/h6-7,12H,1-5,8-11H2. The van der Waals surface area contributed by atoms with Crippen molar-refractivity contribution in [3.8, 4) is 0 Å². The molecule has 0 unspecified atom stereocenters. The molecule has 2 aliphatic rings. The van der Waals surface area contributed by atoms with E-state index in [1.54, 1.807) is 6.20 Å². The highest BCUT2D eigenvalue weighted by Gasteiger charge is 2.19. The van der Waals surface area contributed by atoms with Crippen molar-refractivity contribution in [1.29, 1.82) is 0 Å². The lowest BCUT2D eigenvalue weighted by Gasteiger charge is -2.26. The van der Waals surface area contributed by atoms with E-state index < -0.39 is 0 Å². The Morgan fingerprint density at radius 1 is 0.947 bits per heavy atom. The molecule has 1 aromatic rings. The number of aromatic nitrogens is 1. The van der Waals surface area contributed by atoms with Crippen molar-refractivity contribution in [2.75, 3.05) is 31.1 Å². The highest BCUT2D eigenvalue weighted by atomic mass is 16.2. The molecule has 19 heavy (non-hydrogen) atoms. The zero-order chi connectivity index (χ0) is 13.1. The second-order valence-electron chi connectivity index (χ2n) is 5.45. The van der Waals surface area contributed by atoms with Gasteiger partial charge in [0.05, 0.1) is 5.56 Å². The summed E-state index contributed by atoms with van der Waals surface area (Å²) in [6.07, 6.45) is 7.74. The number of carbonyl (C=O) groups excluding carboxylic acids is 1. The van der Waals surface area contributed by atoms with Crippen molar-refractivity contribution in [3.63, 3.8) is 0 Å². The molecule has 4 nitrogen and oxygen atoms in total. The van der Waals surface area contributed by atoms with Gasteiger partial charge in [0.25, 0.3) is 5.91 Å². The van der Waals surface area contributed by atoms with Crippen LogP contribution in [-0.2, 0) is 0 Å². The molecule has 4 heteroatoms. The second-order valence-corrected chi connectivity index (χ2v) is 5.45. The van der Waals surface area contributed by atoms with Crippen molar-refractivity contribution < 1.29 is 4.79 Å². The van der Waals surface area contributed by atoms with Crippen molar-refractivity contribution >= 4 is 11.7 Å². The molecule has 1 aromatic heterocycles. The van der Waals surface area contributed by atoms with Gasteiger partial charge >= 0.3 is 0 Å². The van der Waals surface area contributed by atoms with Gasteiger partial charge in [-0.2, -0.15) is 0 Å². The first kappa shape index (κ1) is 12.5. The Balaban J connectivity index is 1.69. The number of hydrogen-bond acceptors (Lipinski definition) is 3. The molecule has 0 N–H and O–H groups in total. The summed E-state index contributed by atoms with van der Waals surface area (Å²) in [5.41, 5.74) is 0.727. The van der Waals surface area contributed by atoms with Crippen LogP contribution in [0.1, 0.15) is 42.5 Å². The fourth-order valence-corrected chi connectivity index (χ4v) is 2.93. The van der Waals surface area contributed by atoms with E-state index >= 15 is 0 Å². The maximum absolute atomic E-state index is 12.3. The average molecular weight is 259 g/mol. The van der Waals surface area contributed by atoms with Crippen LogP contribution in [-0.4, -0.2) is 42.0 Å². The molecule has 3 rings (SSSR count). The third kappa shape index (κ3) is 2.72. The van der Waals surface area contributed by atoms with Crippen LogP contribution in [0.5, 0.6) is 0 Å². The summed E-state index contributed by atoms with van der Waals surface area (Å²) in [6.45, 7) is 3.97. The van der Waals surface area contributed by atoms with Crippen LogP contribution in [0.4, 0.5) is 5.82 Å². The first-order valence-electron chi connectivity index (χ1n) is 7.35. The molecular formula is C15H21N3O. The first-order valence-corrected chi connectivity index (χ1v) is 7.35. The molecule has 2 fully saturated rings. The minimum absolute atomic E-state index is 0.139. The predicted octanol–water partition coefficient (Wildman–Crippen LogP) is 2.31. The van der Waals surface area contributed by atoms with Gasteiger partial charge in [-0.15, -0.1) is 0 Å². The van der Waals surface area contributed by atoms with Gasteiger partial charge in [-0.25, -0.2) is 4.98 Å². The molecular weight excluding hydrogens is 238 g/mol. The fourth-order valence-electron chi connectivity index (χ4n) is 2.93. The van der Waals surface area contributed by atoms with Gasteiger partial charge in [0.15, 0.2) is 0 Å². The summed E-state index contributed by atoms with van der Waals surface area (Å²) in [6, 6.07) is 3.92. The Morgan fingerprint density at radius 2 is 1.63 bits per heavy atom. The quantitative estimate of drug-likeness (QED) is 0.817. The summed E-state index contributed by atoms with van der Waals surface area (Å²) in [5.74, 6) is 1.15. The van der Waals surface area contributed by atoms with Crippen LogP contribution in [0.2, 0.25) is 0 Å². The van der Waals surface area contributed by atoms with Crippen LogP contribution in [0.3, 0.4) is 0 Å². The fraction of sp³-hybridized carbons (Fsp3) is 0.600. The van der Waals surface area contributed by atoms with Gasteiger partial charge in [-0.05, 0) is 44.2 Å². The third-order valence-corrected chi connectivity index (χ3v) is 4.07. The molecule has 0 spiro atoms. The van der Waals surface area contributed by atoms with Crippen LogP contribution < -0.4 is 4.90 Å². The molecule has 0 atom stereocenters. The van der Waals surface area contributed by atoms with Gasteiger partial charge in [-0.1, -0.05) is 0 Å². The summed E-state index contributed by atoms with van der Waals surface area (Å²) < 4.78 is 0. The number of hydrogen-bond donors (Lipinski definition) is 0.